The van der Waals surface area contributed by atoms with Crippen molar-refractivity contribution < 1.29 is 19.5 Å². The van der Waals surface area contributed by atoms with Crippen molar-refractivity contribution in [3.63, 3.8) is 0 Å². The van der Waals surface area contributed by atoms with Crippen molar-refractivity contribution in [2.75, 3.05) is 12.4 Å². The number of thioether (sulfide) groups is 1. The summed E-state index contributed by atoms with van der Waals surface area (Å²) in [6.45, 7) is 0. The maximum atomic E-state index is 12.4. The van der Waals surface area contributed by atoms with Crippen molar-refractivity contribution in [3.8, 4) is 0 Å². The Labute approximate surface area is 171 Å². The van der Waals surface area contributed by atoms with Crippen LogP contribution in [0.15, 0.2) is 53.4 Å². The molecule has 0 aliphatic carbocycles. The highest BCUT2D eigenvalue weighted by Gasteiger charge is 2.28. The Bertz CT molecular complexity index is 982. The number of carbonyl (C=O) groups is 3. The predicted molar refractivity (Wildman–Crippen MR) is 110 cm³/mol. The summed E-state index contributed by atoms with van der Waals surface area (Å²) in [4.78, 5) is 36.9. The number of nitrogens with one attached hydrogen (secondary N) is 1. The van der Waals surface area contributed by atoms with Gasteiger partial charge >= 0.3 is 0 Å². The second-order valence-corrected chi connectivity index (χ2v) is 7.74. The van der Waals surface area contributed by atoms with Crippen LogP contribution in [0.3, 0.4) is 0 Å². The molecule has 0 spiro atoms. The van der Waals surface area contributed by atoms with Crippen molar-refractivity contribution in [1.82, 2.24) is 4.90 Å². The topological polar surface area (TPSA) is 89.5 Å². The summed E-state index contributed by atoms with van der Waals surface area (Å²) >= 11 is 6.34. The third-order valence-electron chi connectivity index (χ3n) is 4.02. The minimum atomic E-state index is -1.15. The Hall–Kier alpha value is -2.97. The SMILES string of the molecule is CN1C(=O)/C(=C\c2ccc(C(=O)Nc3ccc(CC(=O)[O-])cc3)cc2)SC1=S. The number of thiocarbonyl (C=S) groups is 1. The van der Waals surface area contributed by atoms with Crippen molar-refractivity contribution in [2.45, 2.75) is 6.42 Å². The quantitative estimate of drug-likeness (QED) is 0.598. The molecule has 0 bridgehead atoms. The molecule has 0 aromatic heterocycles. The van der Waals surface area contributed by atoms with E-state index < -0.39 is 5.97 Å². The fourth-order valence-electron chi connectivity index (χ4n) is 2.50. The molecule has 1 fully saturated rings. The van der Waals surface area contributed by atoms with Gasteiger partial charge in [0, 0.05) is 30.7 Å². The Morgan fingerprint density at radius 1 is 1.14 bits per heavy atom. The number of carboxylic acid groups (broad SMARTS) is 1. The number of nitrogens with zero attached hydrogens (tertiary/aromatic N) is 1. The van der Waals surface area contributed by atoms with E-state index in [1.807, 2.05) is 0 Å². The number of benzene rings is 2. The molecule has 0 saturated carbocycles. The van der Waals surface area contributed by atoms with Gasteiger partial charge in [0.2, 0.25) is 0 Å². The average molecular weight is 411 g/mol. The van der Waals surface area contributed by atoms with Gasteiger partial charge in [0.1, 0.15) is 4.32 Å². The van der Waals surface area contributed by atoms with E-state index in [2.05, 4.69) is 5.32 Å². The second-order valence-electron chi connectivity index (χ2n) is 6.06. The van der Waals surface area contributed by atoms with Crippen molar-refractivity contribution in [2.24, 2.45) is 0 Å². The van der Waals surface area contributed by atoms with Crippen LogP contribution in [0, 0.1) is 0 Å². The molecule has 142 valence electrons. The number of carbonyl (C=O) groups excluding carboxylic acids is 3. The number of rotatable bonds is 5. The van der Waals surface area contributed by atoms with Crippen molar-refractivity contribution in [3.05, 3.63) is 70.1 Å². The highest BCUT2D eigenvalue weighted by molar-refractivity contribution is 8.26. The summed E-state index contributed by atoms with van der Waals surface area (Å²) in [6.07, 6.45) is 1.56. The van der Waals surface area contributed by atoms with Gasteiger partial charge in [0.25, 0.3) is 11.8 Å². The molecule has 1 aliphatic heterocycles. The van der Waals surface area contributed by atoms with Crippen LogP contribution in [0.2, 0.25) is 0 Å². The van der Waals surface area contributed by atoms with E-state index in [-0.39, 0.29) is 18.2 Å². The number of hydrogen-bond donors (Lipinski definition) is 1. The lowest BCUT2D eigenvalue weighted by Crippen LogP contribution is -2.24. The molecule has 1 heterocycles. The fraction of sp³-hybridized carbons (Fsp3) is 0.100. The third kappa shape index (κ3) is 4.65. The zero-order valence-corrected chi connectivity index (χ0v) is 16.4. The molecule has 2 aromatic carbocycles. The molecule has 1 N–H and O–H groups in total. The molecule has 0 atom stereocenters. The molecule has 8 heteroatoms. The smallest absolute Gasteiger partial charge is 0.265 e. The number of hydrogen-bond acceptors (Lipinski definition) is 6. The first-order valence-electron chi connectivity index (χ1n) is 8.25. The Morgan fingerprint density at radius 3 is 2.32 bits per heavy atom. The molecular weight excluding hydrogens is 396 g/mol. The molecular formula is C20H15N2O4S2-. The van der Waals surface area contributed by atoms with E-state index in [0.717, 1.165) is 5.56 Å². The van der Waals surface area contributed by atoms with Gasteiger partial charge in [0.15, 0.2) is 0 Å². The fourth-order valence-corrected chi connectivity index (χ4v) is 3.68. The van der Waals surface area contributed by atoms with Crippen LogP contribution in [0.5, 0.6) is 0 Å². The summed E-state index contributed by atoms with van der Waals surface area (Å²) in [5.41, 5.74) is 2.40. The van der Waals surface area contributed by atoms with Gasteiger partial charge in [0.05, 0.1) is 4.91 Å². The number of amides is 2. The van der Waals surface area contributed by atoms with Crippen LogP contribution in [-0.2, 0) is 16.0 Å². The number of carboxylic acids is 1. The van der Waals surface area contributed by atoms with E-state index in [0.29, 0.717) is 26.0 Å². The Kier molecular flexibility index (Phi) is 5.91. The Morgan fingerprint density at radius 2 is 1.79 bits per heavy atom. The first-order valence-corrected chi connectivity index (χ1v) is 9.48. The van der Waals surface area contributed by atoms with Crippen LogP contribution < -0.4 is 10.4 Å². The monoisotopic (exact) mass is 411 g/mol. The second kappa shape index (κ2) is 8.37. The van der Waals surface area contributed by atoms with Gasteiger partial charge < -0.3 is 15.2 Å². The van der Waals surface area contributed by atoms with E-state index in [1.165, 1.54) is 16.7 Å². The largest absolute Gasteiger partial charge is 0.550 e. The zero-order valence-electron chi connectivity index (χ0n) is 14.8. The highest BCUT2D eigenvalue weighted by atomic mass is 32.2. The van der Waals surface area contributed by atoms with Gasteiger partial charge in [-0.1, -0.05) is 48.2 Å². The van der Waals surface area contributed by atoms with Crippen LogP contribution >= 0.6 is 24.0 Å². The van der Waals surface area contributed by atoms with Gasteiger partial charge in [-0.15, -0.1) is 0 Å². The molecule has 2 amide bonds. The zero-order chi connectivity index (χ0) is 20.3. The molecule has 0 radical (unpaired) electrons. The molecule has 2 aromatic rings. The third-order valence-corrected chi connectivity index (χ3v) is 5.50. The van der Waals surface area contributed by atoms with E-state index in [9.17, 15) is 19.5 Å². The van der Waals surface area contributed by atoms with E-state index in [4.69, 9.17) is 12.2 Å². The molecule has 3 rings (SSSR count). The van der Waals surface area contributed by atoms with Crippen LogP contribution in [0.4, 0.5) is 5.69 Å². The minimum Gasteiger partial charge on any atom is -0.550 e. The maximum Gasteiger partial charge on any atom is 0.265 e. The summed E-state index contributed by atoms with van der Waals surface area (Å²) in [5, 5.41) is 13.3. The van der Waals surface area contributed by atoms with E-state index >= 15 is 0 Å². The average Bonchev–Trinajstić information content (AvgIpc) is 2.90. The summed E-state index contributed by atoms with van der Waals surface area (Å²) in [5.74, 6) is -1.59. The predicted octanol–water partition coefficient (Wildman–Crippen LogP) is 2.06. The van der Waals surface area contributed by atoms with Crippen LogP contribution in [0.25, 0.3) is 6.08 Å². The van der Waals surface area contributed by atoms with Crippen molar-refractivity contribution >= 4 is 57.8 Å². The van der Waals surface area contributed by atoms with E-state index in [1.54, 1.807) is 61.7 Å². The normalized spacial score (nSPS) is 15.2. The first kappa shape index (κ1) is 19.8. The molecule has 28 heavy (non-hydrogen) atoms. The molecule has 1 saturated heterocycles. The lowest BCUT2D eigenvalue weighted by atomic mass is 10.1. The highest BCUT2D eigenvalue weighted by Crippen LogP contribution is 2.31. The van der Waals surface area contributed by atoms with Gasteiger partial charge in [-0.25, -0.2) is 0 Å². The minimum absolute atomic E-state index is 0.140. The number of anilines is 1. The van der Waals surface area contributed by atoms with Gasteiger partial charge in [-0.3, -0.25) is 14.5 Å². The standard InChI is InChI=1S/C20H16N2O4S2/c1-22-19(26)16(28-20(22)27)10-12-2-6-14(7-3-12)18(25)21-15-8-4-13(5-9-15)11-17(23)24/h2-10H,11H2,1H3,(H,21,25)(H,23,24)/p-1/b16-10+. The molecule has 6 nitrogen and oxygen atoms in total. The van der Waals surface area contributed by atoms with Crippen LogP contribution in [-0.4, -0.2) is 34.1 Å². The van der Waals surface area contributed by atoms with Gasteiger partial charge in [-0.2, -0.15) is 0 Å². The maximum absolute atomic E-state index is 12.4. The lowest BCUT2D eigenvalue weighted by Gasteiger charge is -2.07. The van der Waals surface area contributed by atoms with Gasteiger partial charge in [-0.05, 0) is 41.5 Å². The Balaban J connectivity index is 1.66. The lowest BCUT2D eigenvalue weighted by molar-refractivity contribution is -0.304. The molecule has 0 unspecified atom stereocenters. The van der Waals surface area contributed by atoms with Crippen LogP contribution in [0.1, 0.15) is 21.5 Å². The number of aliphatic carboxylic acids is 1. The summed E-state index contributed by atoms with van der Waals surface area (Å²) < 4.78 is 0.512. The van der Waals surface area contributed by atoms with Crippen molar-refractivity contribution in [1.29, 1.82) is 0 Å². The summed E-state index contributed by atoms with van der Waals surface area (Å²) in [7, 11) is 1.64. The molecule has 1 aliphatic rings. The summed E-state index contributed by atoms with van der Waals surface area (Å²) in [6, 6.07) is 13.3. The first-order chi connectivity index (χ1) is 13.3. The number of likely N-dealkylation sites (N-methyl/N-ethyl adjacent to an activating group) is 1.